The summed E-state index contributed by atoms with van der Waals surface area (Å²) < 4.78 is 18.9. The van der Waals surface area contributed by atoms with Crippen LogP contribution in [0.3, 0.4) is 0 Å². The molecule has 1 N–H and O–H groups in total. The number of halogens is 1. The van der Waals surface area contributed by atoms with Gasteiger partial charge in [-0.15, -0.1) is 0 Å². The van der Waals surface area contributed by atoms with Crippen LogP contribution in [-0.4, -0.2) is 46.5 Å². The smallest absolute Gasteiger partial charge is 0.263 e. The van der Waals surface area contributed by atoms with Crippen molar-refractivity contribution in [2.24, 2.45) is 0 Å². The number of amides is 1. The Morgan fingerprint density at radius 3 is 3.11 bits per heavy atom. The van der Waals surface area contributed by atoms with Crippen LogP contribution < -0.4 is 10.1 Å². The second kappa shape index (κ2) is 8.22. The van der Waals surface area contributed by atoms with Gasteiger partial charge in [0, 0.05) is 49.8 Å². The summed E-state index contributed by atoms with van der Waals surface area (Å²) >= 11 is 0. The summed E-state index contributed by atoms with van der Waals surface area (Å²) in [6, 6.07) is 5.84. The Morgan fingerprint density at radius 1 is 1.43 bits per heavy atom. The predicted molar refractivity (Wildman–Crippen MR) is 102 cm³/mol. The van der Waals surface area contributed by atoms with Gasteiger partial charge in [-0.2, -0.15) is 0 Å². The predicted octanol–water partition coefficient (Wildman–Crippen LogP) is 2.43. The maximum absolute atomic E-state index is 13.3. The van der Waals surface area contributed by atoms with Crippen molar-refractivity contribution in [2.75, 3.05) is 19.6 Å². The van der Waals surface area contributed by atoms with Crippen molar-refractivity contribution in [1.82, 2.24) is 20.2 Å². The van der Waals surface area contributed by atoms with Crippen LogP contribution in [0.5, 0.6) is 5.75 Å². The summed E-state index contributed by atoms with van der Waals surface area (Å²) in [4.78, 5) is 23.9. The number of nitrogens with one attached hydrogen (secondary N) is 1. The van der Waals surface area contributed by atoms with E-state index in [2.05, 4.69) is 10.3 Å². The molecule has 2 aliphatic heterocycles. The summed E-state index contributed by atoms with van der Waals surface area (Å²) in [5.41, 5.74) is 2.03. The van der Waals surface area contributed by atoms with Gasteiger partial charge in [-0.3, -0.25) is 4.79 Å². The number of hydrogen-bond donors (Lipinski definition) is 1. The highest BCUT2D eigenvalue weighted by Gasteiger charge is 2.28. The van der Waals surface area contributed by atoms with Crippen molar-refractivity contribution in [3.63, 3.8) is 0 Å². The Labute approximate surface area is 164 Å². The highest BCUT2D eigenvalue weighted by molar-refractivity contribution is 5.81. The van der Waals surface area contributed by atoms with E-state index in [1.807, 2.05) is 6.20 Å². The zero-order valence-corrected chi connectivity index (χ0v) is 16.0. The highest BCUT2D eigenvalue weighted by Crippen LogP contribution is 2.24. The van der Waals surface area contributed by atoms with Gasteiger partial charge in [-0.1, -0.05) is 6.07 Å². The lowest BCUT2D eigenvalue weighted by molar-refractivity contribution is -0.138. The van der Waals surface area contributed by atoms with E-state index in [9.17, 15) is 9.18 Å². The average Bonchev–Trinajstić information content (AvgIpc) is 2.73. The van der Waals surface area contributed by atoms with Crippen LogP contribution in [0.4, 0.5) is 4.39 Å². The topological polar surface area (TPSA) is 67.3 Å². The molecule has 1 aromatic heterocycles. The molecule has 0 unspecified atom stereocenters. The minimum absolute atomic E-state index is 0.115. The van der Waals surface area contributed by atoms with Gasteiger partial charge in [0.25, 0.3) is 5.91 Å². The zero-order valence-electron chi connectivity index (χ0n) is 16.0. The molecule has 2 aliphatic rings. The van der Waals surface area contributed by atoms with E-state index in [1.54, 1.807) is 24.0 Å². The molecule has 0 saturated carbocycles. The standard InChI is InChI=1S/C21H25FN4O2/c1-14(28-18-6-2-5-17(22)10-18)21(27)26-9-7-19-16(13-26)12-24-20(25-19)15-4-3-8-23-11-15/h2,5-6,10,12,14-15,23H,3-4,7-9,11,13H2,1H3/t14-,15-/m0/s1. The third-order valence-electron chi connectivity index (χ3n) is 5.38. The minimum atomic E-state index is -0.683. The van der Waals surface area contributed by atoms with E-state index in [1.165, 1.54) is 12.1 Å². The van der Waals surface area contributed by atoms with E-state index in [-0.39, 0.29) is 11.7 Å². The molecule has 7 heteroatoms. The number of rotatable bonds is 4. The van der Waals surface area contributed by atoms with Gasteiger partial charge < -0.3 is 15.0 Å². The van der Waals surface area contributed by atoms with Gasteiger partial charge in [0.1, 0.15) is 17.4 Å². The average molecular weight is 384 g/mol. The number of piperidine rings is 1. The SMILES string of the molecule is C[C@H](Oc1cccc(F)c1)C(=O)N1CCc2nc([C@H]3CCCNC3)ncc2C1. The summed E-state index contributed by atoms with van der Waals surface area (Å²) in [6.45, 7) is 4.77. The molecule has 1 saturated heterocycles. The molecule has 2 atom stereocenters. The maximum atomic E-state index is 13.3. The summed E-state index contributed by atoms with van der Waals surface area (Å²) in [5.74, 6) is 1.14. The lowest BCUT2D eigenvalue weighted by Gasteiger charge is -2.31. The number of fused-ring (bicyclic) bond motifs is 1. The Balaban J connectivity index is 1.41. The molecule has 148 valence electrons. The molecule has 4 rings (SSSR count). The number of carbonyl (C=O) groups is 1. The van der Waals surface area contributed by atoms with Crippen LogP contribution >= 0.6 is 0 Å². The van der Waals surface area contributed by atoms with Crippen LogP contribution in [0, 0.1) is 5.82 Å². The van der Waals surface area contributed by atoms with E-state index in [4.69, 9.17) is 9.72 Å². The van der Waals surface area contributed by atoms with Gasteiger partial charge >= 0.3 is 0 Å². The first-order valence-corrected chi connectivity index (χ1v) is 9.86. The molecule has 0 spiro atoms. The normalized spacial score (nSPS) is 20.4. The monoisotopic (exact) mass is 384 g/mol. The first kappa shape index (κ1) is 18.8. The number of carbonyl (C=O) groups excluding carboxylic acids is 1. The van der Waals surface area contributed by atoms with Gasteiger partial charge in [-0.25, -0.2) is 14.4 Å². The maximum Gasteiger partial charge on any atom is 0.263 e. The Morgan fingerprint density at radius 2 is 2.32 bits per heavy atom. The Kier molecular flexibility index (Phi) is 5.52. The van der Waals surface area contributed by atoms with Crippen LogP contribution in [0.1, 0.15) is 42.8 Å². The Bertz CT molecular complexity index is 854. The van der Waals surface area contributed by atoms with Crippen molar-refractivity contribution in [3.05, 3.63) is 53.4 Å². The van der Waals surface area contributed by atoms with E-state index in [0.717, 1.165) is 43.0 Å². The van der Waals surface area contributed by atoms with Crippen molar-refractivity contribution < 1.29 is 13.9 Å². The van der Waals surface area contributed by atoms with E-state index >= 15 is 0 Å². The number of hydrogen-bond acceptors (Lipinski definition) is 5. The third kappa shape index (κ3) is 4.14. The fourth-order valence-electron chi connectivity index (χ4n) is 3.84. The van der Waals surface area contributed by atoms with Gasteiger partial charge in [-0.05, 0) is 38.4 Å². The third-order valence-corrected chi connectivity index (χ3v) is 5.38. The molecular formula is C21H25FN4O2. The summed E-state index contributed by atoms with van der Waals surface area (Å²) in [5, 5.41) is 3.40. The zero-order chi connectivity index (χ0) is 19.5. The van der Waals surface area contributed by atoms with Gasteiger partial charge in [0.05, 0.1) is 5.69 Å². The fourth-order valence-corrected chi connectivity index (χ4v) is 3.84. The summed E-state index contributed by atoms with van der Waals surface area (Å²) in [7, 11) is 0. The van der Waals surface area contributed by atoms with Crippen molar-refractivity contribution >= 4 is 5.91 Å². The number of aromatic nitrogens is 2. The van der Waals surface area contributed by atoms with Crippen LogP contribution in [0.2, 0.25) is 0 Å². The molecule has 0 bridgehead atoms. The van der Waals surface area contributed by atoms with Crippen LogP contribution in [-0.2, 0) is 17.8 Å². The van der Waals surface area contributed by atoms with E-state index in [0.29, 0.717) is 31.2 Å². The molecule has 28 heavy (non-hydrogen) atoms. The fraction of sp³-hybridized carbons (Fsp3) is 0.476. The van der Waals surface area contributed by atoms with Gasteiger partial charge in [0.2, 0.25) is 0 Å². The molecule has 0 aliphatic carbocycles. The molecule has 1 fully saturated rings. The van der Waals surface area contributed by atoms with Crippen LogP contribution in [0.25, 0.3) is 0 Å². The first-order valence-electron chi connectivity index (χ1n) is 9.86. The molecule has 1 amide bonds. The highest BCUT2D eigenvalue weighted by atomic mass is 19.1. The second-order valence-corrected chi connectivity index (χ2v) is 7.47. The molecular weight excluding hydrogens is 359 g/mol. The molecule has 1 aromatic carbocycles. The molecule has 2 aromatic rings. The first-order chi connectivity index (χ1) is 13.6. The number of benzene rings is 1. The van der Waals surface area contributed by atoms with Crippen molar-refractivity contribution in [2.45, 2.75) is 44.8 Å². The van der Waals surface area contributed by atoms with Crippen LogP contribution in [0.15, 0.2) is 30.5 Å². The lowest BCUT2D eigenvalue weighted by atomic mass is 9.98. The molecule has 0 radical (unpaired) electrons. The van der Waals surface area contributed by atoms with Crippen molar-refractivity contribution in [3.8, 4) is 5.75 Å². The second-order valence-electron chi connectivity index (χ2n) is 7.47. The van der Waals surface area contributed by atoms with Gasteiger partial charge in [0.15, 0.2) is 6.10 Å². The quantitative estimate of drug-likeness (QED) is 0.877. The summed E-state index contributed by atoms with van der Waals surface area (Å²) in [6.07, 6.45) is 4.16. The molecule has 3 heterocycles. The minimum Gasteiger partial charge on any atom is -0.481 e. The van der Waals surface area contributed by atoms with E-state index < -0.39 is 6.10 Å². The molecule has 6 nitrogen and oxygen atoms in total. The largest absolute Gasteiger partial charge is 0.481 e. The Hall–Kier alpha value is -2.54. The number of nitrogens with zero attached hydrogens (tertiary/aromatic N) is 3. The lowest BCUT2D eigenvalue weighted by Crippen LogP contribution is -2.43. The van der Waals surface area contributed by atoms with Crippen molar-refractivity contribution in [1.29, 1.82) is 0 Å². The number of ether oxygens (including phenoxy) is 1.